The molecule has 0 radical (unpaired) electrons. The second-order valence-corrected chi connectivity index (χ2v) is 5.07. The maximum absolute atomic E-state index is 12.7. The van der Waals surface area contributed by atoms with Crippen LogP contribution in [0.15, 0.2) is 55.1 Å². The number of amides is 1. The first-order valence-electron chi connectivity index (χ1n) is 7.34. The molecule has 0 saturated heterocycles. The summed E-state index contributed by atoms with van der Waals surface area (Å²) < 4.78 is 44.5. The minimum absolute atomic E-state index is 0.0603. The van der Waals surface area contributed by atoms with Crippen LogP contribution in [0.4, 0.5) is 19.0 Å². The Balaban J connectivity index is 1.61. The first kappa shape index (κ1) is 17.4. The van der Waals surface area contributed by atoms with E-state index in [0.717, 1.165) is 12.1 Å². The van der Waals surface area contributed by atoms with Gasteiger partial charge in [-0.05, 0) is 24.3 Å². The lowest BCUT2D eigenvalue weighted by Crippen LogP contribution is -2.21. The molecular weight excluding hydrogens is 351 g/mol. The number of nitrogens with zero attached hydrogens (tertiary/aromatic N) is 4. The zero-order valence-corrected chi connectivity index (χ0v) is 13.1. The Morgan fingerprint density at radius 3 is 2.77 bits per heavy atom. The van der Waals surface area contributed by atoms with E-state index < -0.39 is 24.3 Å². The van der Waals surface area contributed by atoms with Crippen molar-refractivity contribution in [1.29, 1.82) is 0 Å². The molecule has 1 amide bonds. The smallest absolute Gasteiger partial charge is 0.416 e. The normalized spacial score (nSPS) is 11.2. The van der Waals surface area contributed by atoms with E-state index in [2.05, 4.69) is 20.4 Å². The van der Waals surface area contributed by atoms with Crippen LogP contribution in [0.1, 0.15) is 5.56 Å². The number of anilines is 1. The topological polar surface area (TPSA) is 81.9 Å². The molecule has 0 fully saturated rings. The number of alkyl halides is 3. The molecule has 0 unspecified atom stereocenters. The SMILES string of the molecule is O=C(COc1cccc(C(F)(F)F)c1)Nc1cc(-n2cccn2)ncn1. The average Bonchev–Trinajstić information content (AvgIpc) is 3.14. The molecule has 3 rings (SSSR count). The van der Waals surface area contributed by atoms with Gasteiger partial charge in [0.15, 0.2) is 12.4 Å². The number of halogens is 3. The van der Waals surface area contributed by atoms with Gasteiger partial charge in [-0.1, -0.05) is 6.07 Å². The van der Waals surface area contributed by atoms with E-state index in [1.165, 1.54) is 29.2 Å². The summed E-state index contributed by atoms with van der Waals surface area (Å²) in [6, 6.07) is 7.50. The van der Waals surface area contributed by atoms with Crippen LogP contribution >= 0.6 is 0 Å². The fourth-order valence-electron chi connectivity index (χ4n) is 2.04. The van der Waals surface area contributed by atoms with Crippen LogP contribution < -0.4 is 10.1 Å². The van der Waals surface area contributed by atoms with Crippen molar-refractivity contribution in [2.75, 3.05) is 11.9 Å². The molecule has 0 bridgehead atoms. The molecule has 0 aliphatic heterocycles. The minimum Gasteiger partial charge on any atom is -0.484 e. The molecule has 7 nitrogen and oxygen atoms in total. The van der Waals surface area contributed by atoms with E-state index in [1.807, 2.05) is 0 Å². The third-order valence-corrected chi connectivity index (χ3v) is 3.19. The monoisotopic (exact) mass is 363 g/mol. The number of ether oxygens (including phenoxy) is 1. The molecule has 10 heteroatoms. The molecule has 0 spiro atoms. The van der Waals surface area contributed by atoms with Crippen molar-refractivity contribution in [2.24, 2.45) is 0 Å². The molecule has 134 valence electrons. The van der Waals surface area contributed by atoms with Crippen molar-refractivity contribution in [3.05, 3.63) is 60.7 Å². The van der Waals surface area contributed by atoms with Crippen LogP contribution in [-0.4, -0.2) is 32.3 Å². The van der Waals surface area contributed by atoms with Gasteiger partial charge in [0.1, 0.15) is 17.9 Å². The highest BCUT2D eigenvalue weighted by Crippen LogP contribution is 2.31. The molecule has 2 heterocycles. The van der Waals surface area contributed by atoms with Crippen molar-refractivity contribution in [1.82, 2.24) is 19.7 Å². The van der Waals surface area contributed by atoms with E-state index in [-0.39, 0.29) is 11.6 Å². The maximum Gasteiger partial charge on any atom is 0.416 e. The fraction of sp³-hybridized carbons (Fsp3) is 0.125. The van der Waals surface area contributed by atoms with Gasteiger partial charge in [0.05, 0.1) is 5.56 Å². The summed E-state index contributed by atoms with van der Waals surface area (Å²) in [7, 11) is 0. The standard InChI is InChI=1S/C16H12F3N5O2/c17-16(18,19)11-3-1-4-12(7-11)26-9-15(25)23-13-8-14(21-10-20-13)24-6-2-5-22-24/h1-8,10H,9H2,(H,20,21,23,25). The van der Waals surface area contributed by atoms with Crippen molar-refractivity contribution < 1.29 is 22.7 Å². The third kappa shape index (κ3) is 4.35. The Hall–Kier alpha value is -3.43. The van der Waals surface area contributed by atoms with Gasteiger partial charge < -0.3 is 10.1 Å². The van der Waals surface area contributed by atoms with Crippen LogP contribution in [-0.2, 0) is 11.0 Å². The molecule has 0 saturated carbocycles. The molecule has 0 aliphatic rings. The molecule has 1 N–H and O–H groups in total. The zero-order chi connectivity index (χ0) is 18.6. The van der Waals surface area contributed by atoms with E-state index in [4.69, 9.17) is 4.74 Å². The molecule has 0 aliphatic carbocycles. The predicted molar refractivity (Wildman–Crippen MR) is 84.7 cm³/mol. The summed E-state index contributed by atoms with van der Waals surface area (Å²) in [4.78, 5) is 19.8. The Morgan fingerprint density at radius 1 is 1.19 bits per heavy atom. The van der Waals surface area contributed by atoms with Crippen LogP contribution in [0, 0.1) is 0 Å². The van der Waals surface area contributed by atoms with E-state index >= 15 is 0 Å². The molecule has 2 aromatic heterocycles. The lowest BCUT2D eigenvalue weighted by Gasteiger charge is -2.10. The van der Waals surface area contributed by atoms with Gasteiger partial charge >= 0.3 is 6.18 Å². The number of benzene rings is 1. The molecule has 1 aromatic carbocycles. The Kier molecular flexibility index (Phi) is 4.83. The van der Waals surface area contributed by atoms with Gasteiger partial charge in [-0.25, -0.2) is 14.6 Å². The predicted octanol–water partition coefficient (Wildman–Crippen LogP) is 2.70. The Bertz CT molecular complexity index is 897. The maximum atomic E-state index is 12.7. The van der Waals surface area contributed by atoms with Crippen molar-refractivity contribution in [3.8, 4) is 11.6 Å². The molecule has 26 heavy (non-hydrogen) atoms. The van der Waals surface area contributed by atoms with E-state index in [1.54, 1.807) is 18.5 Å². The number of aromatic nitrogens is 4. The lowest BCUT2D eigenvalue weighted by molar-refractivity contribution is -0.137. The summed E-state index contributed by atoms with van der Waals surface area (Å²) in [5.41, 5.74) is -0.852. The molecule has 0 atom stereocenters. The van der Waals surface area contributed by atoms with Gasteiger partial charge in [0.25, 0.3) is 5.91 Å². The van der Waals surface area contributed by atoms with Crippen LogP contribution in [0.25, 0.3) is 5.82 Å². The summed E-state index contributed by atoms with van der Waals surface area (Å²) in [5, 5.41) is 6.49. The van der Waals surface area contributed by atoms with E-state index in [9.17, 15) is 18.0 Å². The Labute approximate surface area is 145 Å². The number of carbonyl (C=O) groups excluding carboxylic acids is 1. The number of nitrogens with one attached hydrogen (secondary N) is 1. The zero-order valence-electron chi connectivity index (χ0n) is 13.1. The lowest BCUT2D eigenvalue weighted by atomic mass is 10.2. The van der Waals surface area contributed by atoms with Crippen molar-refractivity contribution in [3.63, 3.8) is 0 Å². The second-order valence-electron chi connectivity index (χ2n) is 5.07. The summed E-state index contributed by atoms with van der Waals surface area (Å²) in [5.74, 6) is 0.0182. The van der Waals surface area contributed by atoms with Gasteiger partial charge in [-0.2, -0.15) is 18.3 Å². The van der Waals surface area contributed by atoms with E-state index in [0.29, 0.717) is 5.82 Å². The summed E-state index contributed by atoms with van der Waals surface area (Å²) in [6.45, 7) is -0.470. The molecular formula is C16H12F3N5O2. The second kappa shape index (κ2) is 7.21. The van der Waals surface area contributed by atoms with Crippen LogP contribution in [0.5, 0.6) is 5.75 Å². The third-order valence-electron chi connectivity index (χ3n) is 3.19. The molecule has 3 aromatic rings. The number of hydrogen-bond donors (Lipinski definition) is 1. The van der Waals surface area contributed by atoms with Crippen LogP contribution in [0.2, 0.25) is 0 Å². The number of hydrogen-bond acceptors (Lipinski definition) is 5. The fourth-order valence-corrected chi connectivity index (χ4v) is 2.04. The van der Waals surface area contributed by atoms with Gasteiger partial charge in [-0.15, -0.1) is 0 Å². The van der Waals surface area contributed by atoms with Gasteiger partial charge in [0.2, 0.25) is 0 Å². The van der Waals surface area contributed by atoms with Crippen LogP contribution in [0.3, 0.4) is 0 Å². The first-order chi connectivity index (χ1) is 12.4. The van der Waals surface area contributed by atoms with Gasteiger partial charge in [-0.3, -0.25) is 4.79 Å². The first-order valence-corrected chi connectivity index (χ1v) is 7.34. The minimum atomic E-state index is -4.48. The average molecular weight is 363 g/mol. The number of rotatable bonds is 5. The number of carbonyl (C=O) groups is 1. The largest absolute Gasteiger partial charge is 0.484 e. The quantitative estimate of drug-likeness (QED) is 0.754. The highest BCUT2D eigenvalue weighted by atomic mass is 19.4. The Morgan fingerprint density at radius 2 is 2.04 bits per heavy atom. The summed E-state index contributed by atoms with van der Waals surface area (Å²) >= 11 is 0. The highest BCUT2D eigenvalue weighted by Gasteiger charge is 2.30. The van der Waals surface area contributed by atoms with Crippen molar-refractivity contribution in [2.45, 2.75) is 6.18 Å². The van der Waals surface area contributed by atoms with Crippen molar-refractivity contribution >= 4 is 11.7 Å². The summed E-state index contributed by atoms with van der Waals surface area (Å²) in [6.07, 6.45) is 0.0136. The van der Waals surface area contributed by atoms with Gasteiger partial charge in [0, 0.05) is 18.5 Å². The highest BCUT2D eigenvalue weighted by molar-refractivity contribution is 5.91.